The molecule has 3 aliphatic heterocycles. The minimum atomic E-state index is -1.43. The third-order valence-electron chi connectivity index (χ3n) is 9.28. The van der Waals surface area contributed by atoms with Gasteiger partial charge >= 0.3 is 11.9 Å². The van der Waals surface area contributed by atoms with Gasteiger partial charge < -0.3 is 39.0 Å². The fourth-order valence-electron chi connectivity index (χ4n) is 6.30. The zero-order valence-electron chi connectivity index (χ0n) is 34.4. The summed E-state index contributed by atoms with van der Waals surface area (Å²) in [4.78, 5) is 37.9. The summed E-state index contributed by atoms with van der Waals surface area (Å²) in [5.74, 6) is -2.73. The van der Waals surface area contributed by atoms with Crippen molar-refractivity contribution in [3.05, 3.63) is 71.2 Å². The molecule has 2 aromatic rings. The molecular formula is C40H54N2O14S2. The molecule has 18 heteroatoms. The predicted molar refractivity (Wildman–Crippen MR) is 216 cm³/mol. The Morgan fingerprint density at radius 1 is 0.845 bits per heavy atom. The Hall–Kier alpha value is -3.69. The van der Waals surface area contributed by atoms with E-state index in [0.29, 0.717) is 24.4 Å². The van der Waals surface area contributed by atoms with Gasteiger partial charge in [0.1, 0.15) is 11.6 Å². The molecule has 0 radical (unpaired) electrons. The highest BCUT2D eigenvalue weighted by Crippen LogP contribution is 2.51. The van der Waals surface area contributed by atoms with Gasteiger partial charge in [-0.3, -0.25) is 4.79 Å². The molecule has 4 N–H and O–H groups in total. The van der Waals surface area contributed by atoms with Crippen LogP contribution < -0.4 is 5.32 Å². The Morgan fingerprint density at radius 3 is 1.78 bits per heavy atom. The van der Waals surface area contributed by atoms with Crippen LogP contribution in [0.3, 0.4) is 0 Å². The number of nitrogens with zero attached hydrogens (tertiary/aromatic N) is 1. The summed E-state index contributed by atoms with van der Waals surface area (Å²) in [6.45, 7) is 14.7. The number of hydrogen-bond acceptors (Lipinski definition) is 16. The number of benzene rings is 2. The van der Waals surface area contributed by atoms with Crippen molar-refractivity contribution in [2.24, 2.45) is 4.99 Å². The van der Waals surface area contributed by atoms with Crippen LogP contribution >= 0.6 is 24.1 Å². The molecule has 1 fully saturated rings. The summed E-state index contributed by atoms with van der Waals surface area (Å²) in [6.07, 6.45) is 0.905. The van der Waals surface area contributed by atoms with Gasteiger partial charge in [-0.2, -0.15) is 8.67 Å². The number of ether oxygens (including phenoxy) is 5. The van der Waals surface area contributed by atoms with E-state index >= 15 is 0 Å². The predicted octanol–water partition coefficient (Wildman–Crippen LogP) is 6.78. The van der Waals surface area contributed by atoms with Crippen molar-refractivity contribution in [3.8, 4) is 0 Å². The van der Waals surface area contributed by atoms with Crippen LogP contribution in [-0.4, -0.2) is 102 Å². The Labute approximate surface area is 347 Å². The number of carboxylic acid groups (broad SMARTS) is 2. The van der Waals surface area contributed by atoms with Crippen LogP contribution in [-0.2, 0) is 51.7 Å². The maximum atomic E-state index is 11.5. The largest absolute Gasteiger partial charge is 0.488 e. The van der Waals surface area contributed by atoms with Crippen LogP contribution in [0.15, 0.2) is 74.8 Å². The lowest BCUT2D eigenvalue weighted by Crippen LogP contribution is -2.50. The molecular weight excluding hydrogens is 797 g/mol. The van der Waals surface area contributed by atoms with Crippen molar-refractivity contribution in [2.75, 3.05) is 27.4 Å². The molecule has 1 saturated heterocycles. The fourth-order valence-corrected chi connectivity index (χ4v) is 7.09. The molecule has 16 nitrogen and oxygen atoms in total. The number of aliphatic carboxylic acids is 2. The van der Waals surface area contributed by atoms with Crippen LogP contribution in [0.5, 0.6) is 0 Å². The van der Waals surface area contributed by atoms with Crippen molar-refractivity contribution < 1.29 is 67.0 Å². The average Bonchev–Trinajstić information content (AvgIpc) is 3.81. The van der Waals surface area contributed by atoms with Gasteiger partial charge in [0.25, 0.3) is 11.8 Å². The molecule has 1 spiro atoms. The maximum absolute atomic E-state index is 11.5. The van der Waals surface area contributed by atoms with Gasteiger partial charge in [-0.15, -0.1) is 0 Å². The lowest BCUT2D eigenvalue weighted by molar-refractivity contribution is -0.241. The molecule has 58 heavy (non-hydrogen) atoms. The molecule has 5 rings (SSSR count). The molecule has 0 aliphatic carbocycles. The molecule has 0 saturated carbocycles. The second kappa shape index (κ2) is 20.5. The summed E-state index contributed by atoms with van der Waals surface area (Å²) in [5, 5.41) is 31.0. The van der Waals surface area contributed by atoms with Crippen molar-refractivity contribution in [1.29, 1.82) is 0 Å². The molecule has 0 bridgehead atoms. The molecule has 0 amide bonds. The normalized spacial score (nSPS) is 25.4. The Balaban J connectivity index is 0.000000257. The van der Waals surface area contributed by atoms with E-state index in [0.717, 1.165) is 56.1 Å². The van der Waals surface area contributed by atoms with E-state index in [9.17, 15) is 24.9 Å². The third kappa shape index (κ3) is 10.9. The number of aliphatic hydroxyl groups is 1. The first-order valence-electron chi connectivity index (χ1n) is 18.7. The summed E-state index contributed by atoms with van der Waals surface area (Å²) < 4.78 is 40.3. The Morgan fingerprint density at radius 2 is 1.36 bits per heavy atom. The highest BCUT2D eigenvalue weighted by atomic mass is 32.2. The number of aliphatic imine (C=N–C) groups is 1. The van der Waals surface area contributed by atoms with Crippen molar-refractivity contribution >= 4 is 53.1 Å². The standard InChI is InChI=1S/2C20H27NO7S/c1-6-19(4)16(13-7-9-14(10-8-13)29-28-24-5)17(26-12(2)3)20(27-19)21-15(11-25-20)18(22)23;1-6-20(4)16(13-7-9-14(10-8-13)29-28-25-5)17(26-12(2)3)18(27-20)21-15(11-22)19(23)24/h7-10,12,15,21H,6,11H2,1-5H3,(H,22,23);7-10,12,15,22H,6,11H2,1-5H3,(H,23,24)/t15-,19-,20?;15-,20-/m00/s1. The van der Waals surface area contributed by atoms with Crippen molar-refractivity contribution in [3.63, 3.8) is 0 Å². The number of carbonyl (C=O) groups is 2. The van der Waals surface area contributed by atoms with Crippen LogP contribution in [0.4, 0.5) is 0 Å². The molecule has 1 unspecified atom stereocenters. The quantitative estimate of drug-likeness (QED) is 0.0693. The molecule has 0 aromatic heterocycles. The van der Waals surface area contributed by atoms with Gasteiger partial charge in [-0.1, -0.05) is 38.1 Å². The van der Waals surface area contributed by atoms with E-state index in [1.54, 1.807) is 0 Å². The summed E-state index contributed by atoms with van der Waals surface area (Å²) in [5.41, 5.74) is 1.86. The van der Waals surface area contributed by atoms with Crippen LogP contribution in [0.25, 0.3) is 11.1 Å². The second-order valence-corrected chi connectivity index (χ2v) is 15.8. The fraction of sp³-hybridized carbons (Fsp3) is 0.525. The second-order valence-electron chi connectivity index (χ2n) is 14.2. The van der Waals surface area contributed by atoms with E-state index in [4.69, 9.17) is 32.4 Å². The van der Waals surface area contributed by atoms with Crippen molar-refractivity contribution in [2.45, 2.75) is 119 Å². The van der Waals surface area contributed by atoms with E-state index in [2.05, 4.69) is 20.1 Å². The van der Waals surface area contributed by atoms with Gasteiger partial charge in [0.15, 0.2) is 17.6 Å². The summed E-state index contributed by atoms with van der Waals surface area (Å²) in [6, 6.07) is 13.0. The first-order valence-corrected chi connectivity index (χ1v) is 20.2. The monoisotopic (exact) mass is 850 g/mol. The molecule has 3 aliphatic rings. The van der Waals surface area contributed by atoms with Crippen LogP contribution in [0.1, 0.15) is 79.4 Å². The van der Waals surface area contributed by atoms with Gasteiger partial charge in [-0.25, -0.2) is 24.9 Å². The van der Waals surface area contributed by atoms with Gasteiger partial charge in [-0.05, 0) is 89.8 Å². The zero-order chi connectivity index (χ0) is 42.8. The Kier molecular flexibility index (Phi) is 16.6. The van der Waals surface area contributed by atoms with Gasteiger partial charge in [0.2, 0.25) is 0 Å². The number of aliphatic hydroxyl groups excluding tert-OH is 1. The summed E-state index contributed by atoms with van der Waals surface area (Å²) >= 11 is 2.19. The average molecular weight is 851 g/mol. The van der Waals surface area contributed by atoms with Crippen LogP contribution in [0, 0.1) is 0 Å². The van der Waals surface area contributed by atoms with E-state index in [1.165, 1.54) is 14.2 Å². The Bertz CT molecular complexity index is 1820. The molecule has 3 heterocycles. The van der Waals surface area contributed by atoms with E-state index < -0.39 is 47.7 Å². The highest BCUT2D eigenvalue weighted by molar-refractivity contribution is 7.94. The number of nitrogens with one attached hydrogen (secondary N) is 1. The number of rotatable bonds is 18. The highest BCUT2D eigenvalue weighted by Gasteiger charge is 2.60. The number of hydrogen-bond donors (Lipinski definition) is 4. The van der Waals surface area contributed by atoms with Gasteiger partial charge in [0, 0.05) is 15.4 Å². The SMILES string of the molecule is CC[C@]1(C)OC(=N[C@@H](CO)C(=O)O)C(OC(C)C)=C1c1ccc(SOOC)cc1.CC[C@]1(C)OC2(N[C@H](C(=O)O)CO2)C(OC(C)C)=C1c1ccc(SOOC)cc1. The van der Waals surface area contributed by atoms with E-state index in [-0.39, 0.29) is 24.7 Å². The molecule has 5 atom stereocenters. The summed E-state index contributed by atoms with van der Waals surface area (Å²) in [7, 11) is 2.88. The van der Waals surface area contributed by atoms with Crippen molar-refractivity contribution in [1.82, 2.24) is 5.32 Å². The minimum absolute atomic E-state index is 0.0166. The maximum Gasteiger partial charge on any atom is 0.330 e. The first-order chi connectivity index (χ1) is 27.5. The smallest absolute Gasteiger partial charge is 0.330 e. The lowest BCUT2D eigenvalue weighted by Gasteiger charge is -2.31. The van der Waals surface area contributed by atoms with Gasteiger partial charge in [0.05, 0.1) is 74.9 Å². The number of carboxylic acids is 2. The van der Waals surface area contributed by atoms with E-state index in [1.807, 2.05) is 104 Å². The third-order valence-corrected chi connectivity index (χ3v) is 10.6. The minimum Gasteiger partial charge on any atom is -0.488 e. The lowest BCUT2D eigenvalue weighted by atomic mass is 9.88. The first kappa shape index (κ1) is 47.0. The zero-order valence-corrected chi connectivity index (χ0v) is 36.0. The topological polar surface area (TPSA) is 202 Å². The molecule has 2 aromatic carbocycles. The van der Waals surface area contributed by atoms with Crippen LogP contribution in [0.2, 0.25) is 0 Å². The molecule has 320 valence electrons.